The van der Waals surface area contributed by atoms with Crippen LogP contribution in [0.1, 0.15) is 36.5 Å². The molecule has 0 fully saturated rings. The van der Waals surface area contributed by atoms with Gasteiger partial charge in [0, 0.05) is 30.7 Å². The minimum Gasteiger partial charge on any atom is -0.302 e. The van der Waals surface area contributed by atoms with E-state index in [2.05, 4.69) is 20.3 Å². The molecule has 0 aromatic carbocycles. The lowest BCUT2D eigenvalue weighted by Crippen LogP contribution is -2.20. The van der Waals surface area contributed by atoms with Gasteiger partial charge in [-0.05, 0) is 25.1 Å². The Hall–Kier alpha value is -1.95. The minimum absolute atomic E-state index is 0.0298. The van der Waals surface area contributed by atoms with Gasteiger partial charge in [0.2, 0.25) is 0 Å². The maximum atomic E-state index is 12.4. The third-order valence-corrected chi connectivity index (χ3v) is 2.66. The van der Waals surface area contributed by atoms with Crippen LogP contribution in [0.3, 0.4) is 0 Å². The highest BCUT2D eigenvalue weighted by atomic mass is 19.3. The van der Waals surface area contributed by atoms with Crippen molar-refractivity contribution < 1.29 is 8.78 Å². The number of halogens is 2. The van der Waals surface area contributed by atoms with Gasteiger partial charge in [-0.1, -0.05) is 0 Å². The number of pyridine rings is 1. The Balaban J connectivity index is 1.92. The van der Waals surface area contributed by atoms with Crippen molar-refractivity contribution in [2.75, 3.05) is 0 Å². The average Bonchev–Trinajstić information content (AvgIpc) is 2.46. The number of nitrogens with one attached hydrogen (secondary N) is 1. The summed E-state index contributed by atoms with van der Waals surface area (Å²) in [6, 6.07) is 4.70. The number of aromatic nitrogens is 3. The zero-order valence-corrected chi connectivity index (χ0v) is 10.4. The lowest BCUT2D eigenvalue weighted by atomic mass is 10.2. The zero-order valence-electron chi connectivity index (χ0n) is 10.4. The summed E-state index contributed by atoms with van der Waals surface area (Å²) in [6.45, 7) is 2.41. The molecule has 0 aliphatic carbocycles. The molecule has 0 saturated carbocycles. The highest BCUT2D eigenvalue weighted by Crippen LogP contribution is 2.17. The average molecular weight is 264 g/mol. The number of hydrogen-bond acceptors (Lipinski definition) is 4. The Morgan fingerprint density at radius 1 is 1.16 bits per heavy atom. The summed E-state index contributed by atoms with van der Waals surface area (Å²) in [6.07, 6.45) is 2.07. The van der Waals surface area contributed by atoms with Crippen LogP contribution in [0.25, 0.3) is 0 Å². The van der Waals surface area contributed by atoms with Gasteiger partial charge in [0.1, 0.15) is 5.82 Å². The van der Waals surface area contributed by atoms with Gasteiger partial charge in [0.25, 0.3) is 6.43 Å². The fourth-order valence-electron chi connectivity index (χ4n) is 1.55. The van der Waals surface area contributed by atoms with E-state index in [1.807, 2.05) is 6.92 Å². The molecular weight excluding hydrogens is 250 g/mol. The summed E-state index contributed by atoms with van der Waals surface area (Å²) in [5.41, 5.74) is 0.635. The second kappa shape index (κ2) is 6.29. The number of hydrogen-bond donors (Lipinski definition) is 1. The van der Waals surface area contributed by atoms with Crippen molar-refractivity contribution in [2.24, 2.45) is 0 Å². The maximum absolute atomic E-state index is 12.4. The fraction of sp³-hybridized carbons (Fsp3) is 0.308. The monoisotopic (exact) mass is 264 g/mol. The molecule has 0 bridgehead atoms. The first-order valence-electron chi connectivity index (χ1n) is 5.90. The van der Waals surface area contributed by atoms with E-state index in [4.69, 9.17) is 0 Å². The largest absolute Gasteiger partial charge is 0.302 e. The van der Waals surface area contributed by atoms with Crippen LogP contribution in [0, 0.1) is 0 Å². The van der Waals surface area contributed by atoms with Crippen LogP contribution in [0.15, 0.2) is 36.8 Å². The number of alkyl halides is 2. The highest BCUT2D eigenvalue weighted by Gasteiger charge is 2.09. The van der Waals surface area contributed by atoms with Crippen molar-refractivity contribution in [3.63, 3.8) is 0 Å². The lowest BCUT2D eigenvalue weighted by molar-refractivity contribution is 0.151. The summed E-state index contributed by atoms with van der Waals surface area (Å²) < 4.78 is 24.7. The minimum atomic E-state index is -2.48. The van der Waals surface area contributed by atoms with E-state index < -0.39 is 6.43 Å². The Labute approximate surface area is 109 Å². The molecule has 4 nitrogen and oxygen atoms in total. The Kier molecular flexibility index (Phi) is 4.46. The quantitative estimate of drug-likeness (QED) is 0.902. The maximum Gasteiger partial charge on any atom is 0.265 e. The van der Waals surface area contributed by atoms with Gasteiger partial charge in [0.15, 0.2) is 0 Å². The van der Waals surface area contributed by atoms with Crippen molar-refractivity contribution >= 4 is 0 Å². The van der Waals surface area contributed by atoms with Gasteiger partial charge < -0.3 is 5.32 Å². The Bertz CT molecular complexity index is 502. The molecule has 0 amide bonds. The first-order valence-corrected chi connectivity index (χ1v) is 5.90. The van der Waals surface area contributed by atoms with Gasteiger partial charge in [-0.25, -0.2) is 18.7 Å². The molecule has 0 radical (unpaired) electrons. The SMILES string of the molecule is C[C@H](NCc1ccc(C(F)F)cn1)c1ncccn1. The molecule has 0 spiro atoms. The highest BCUT2D eigenvalue weighted by molar-refractivity contribution is 5.15. The smallest absolute Gasteiger partial charge is 0.265 e. The second-order valence-corrected chi connectivity index (χ2v) is 4.09. The predicted octanol–water partition coefficient (Wildman–Crippen LogP) is 2.66. The molecule has 0 unspecified atom stereocenters. The summed E-state index contributed by atoms with van der Waals surface area (Å²) in [4.78, 5) is 12.3. The van der Waals surface area contributed by atoms with Gasteiger partial charge in [-0.2, -0.15) is 0 Å². The Morgan fingerprint density at radius 2 is 1.89 bits per heavy atom. The van der Waals surface area contributed by atoms with Crippen LogP contribution < -0.4 is 5.32 Å². The Morgan fingerprint density at radius 3 is 2.47 bits per heavy atom. The van der Waals surface area contributed by atoms with Crippen LogP contribution in [-0.2, 0) is 6.54 Å². The molecule has 1 atom stereocenters. The van der Waals surface area contributed by atoms with Crippen molar-refractivity contribution in [3.8, 4) is 0 Å². The molecular formula is C13H14F2N4. The first-order chi connectivity index (χ1) is 9.16. The van der Waals surface area contributed by atoms with Crippen molar-refractivity contribution in [3.05, 3.63) is 53.9 Å². The molecule has 1 N–H and O–H groups in total. The van der Waals surface area contributed by atoms with Gasteiger partial charge in [-0.15, -0.1) is 0 Å². The third-order valence-electron chi connectivity index (χ3n) is 2.66. The first kappa shape index (κ1) is 13.5. The van der Waals surface area contributed by atoms with Crippen LogP contribution in [0.4, 0.5) is 8.78 Å². The van der Waals surface area contributed by atoms with E-state index in [9.17, 15) is 8.78 Å². The van der Waals surface area contributed by atoms with Crippen molar-refractivity contribution in [2.45, 2.75) is 25.9 Å². The molecule has 2 heterocycles. The summed E-state index contributed by atoms with van der Waals surface area (Å²) in [5.74, 6) is 0.687. The topological polar surface area (TPSA) is 50.7 Å². The van der Waals surface area contributed by atoms with E-state index in [0.717, 1.165) is 0 Å². The fourth-order valence-corrected chi connectivity index (χ4v) is 1.55. The molecule has 2 aromatic heterocycles. The molecule has 6 heteroatoms. The van der Waals surface area contributed by atoms with Crippen LogP contribution in [0.2, 0.25) is 0 Å². The standard InChI is InChI=1S/C13H14F2N4/c1-9(13-16-5-2-6-17-13)18-8-11-4-3-10(7-19-11)12(14)15/h2-7,9,12,18H,8H2,1H3/t9-/m0/s1. The van der Waals surface area contributed by atoms with E-state index >= 15 is 0 Å². The van der Waals surface area contributed by atoms with Crippen molar-refractivity contribution in [1.29, 1.82) is 0 Å². The van der Waals surface area contributed by atoms with Crippen LogP contribution >= 0.6 is 0 Å². The van der Waals surface area contributed by atoms with Crippen molar-refractivity contribution in [1.82, 2.24) is 20.3 Å². The molecule has 2 aromatic rings. The van der Waals surface area contributed by atoms with Gasteiger partial charge in [-0.3, -0.25) is 4.98 Å². The molecule has 0 aliphatic rings. The predicted molar refractivity (Wildman–Crippen MR) is 66.5 cm³/mol. The molecule has 0 aliphatic heterocycles. The van der Waals surface area contributed by atoms with Crippen LogP contribution in [0.5, 0.6) is 0 Å². The molecule has 100 valence electrons. The van der Waals surface area contributed by atoms with E-state index in [1.54, 1.807) is 24.5 Å². The summed E-state index contributed by atoms with van der Waals surface area (Å²) >= 11 is 0. The molecule has 0 saturated heterocycles. The number of rotatable bonds is 5. The second-order valence-electron chi connectivity index (χ2n) is 4.09. The normalized spacial score (nSPS) is 12.6. The van der Waals surface area contributed by atoms with E-state index in [0.29, 0.717) is 18.1 Å². The summed E-state index contributed by atoms with van der Waals surface area (Å²) in [7, 11) is 0. The molecule has 2 rings (SSSR count). The molecule has 19 heavy (non-hydrogen) atoms. The number of nitrogens with zero attached hydrogens (tertiary/aromatic N) is 3. The summed E-state index contributed by atoms with van der Waals surface area (Å²) in [5, 5.41) is 3.19. The lowest BCUT2D eigenvalue weighted by Gasteiger charge is -2.11. The van der Waals surface area contributed by atoms with Gasteiger partial charge in [0.05, 0.1) is 11.7 Å². The van der Waals surface area contributed by atoms with E-state index in [1.165, 1.54) is 12.3 Å². The van der Waals surface area contributed by atoms with Gasteiger partial charge >= 0.3 is 0 Å². The third kappa shape index (κ3) is 3.75. The van der Waals surface area contributed by atoms with Crippen LogP contribution in [-0.4, -0.2) is 15.0 Å². The zero-order chi connectivity index (χ0) is 13.7. The van der Waals surface area contributed by atoms with E-state index in [-0.39, 0.29) is 11.6 Å².